The summed E-state index contributed by atoms with van der Waals surface area (Å²) in [6.07, 6.45) is 0. The van der Waals surface area contributed by atoms with Gasteiger partial charge >= 0.3 is 0 Å². The average molecular weight is 342 g/mol. The zero-order valence-electron chi connectivity index (χ0n) is 13.6. The van der Waals surface area contributed by atoms with Crippen molar-refractivity contribution in [2.75, 3.05) is 32.8 Å². The Balaban J connectivity index is 1.49. The van der Waals surface area contributed by atoms with Gasteiger partial charge in [0.15, 0.2) is 6.61 Å². The Labute approximate surface area is 144 Å². The molecule has 1 aromatic heterocycles. The number of piperazine rings is 1. The fourth-order valence-corrected chi connectivity index (χ4v) is 2.54. The predicted molar refractivity (Wildman–Crippen MR) is 89.3 cm³/mol. The summed E-state index contributed by atoms with van der Waals surface area (Å²) in [6.45, 7) is 1.67. The van der Waals surface area contributed by atoms with Crippen molar-refractivity contribution in [1.82, 2.24) is 20.0 Å². The van der Waals surface area contributed by atoms with E-state index in [1.807, 2.05) is 18.2 Å². The highest BCUT2D eigenvalue weighted by Crippen LogP contribution is 2.10. The minimum Gasteiger partial charge on any atom is -0.484 e. The number of H-pyrrole nitrogens is 1. The van der Waals surface area contributed by atoms with Crippen molar-refractivity contribution < 1.29 is 14.3 Å². The third-order valence-corrected chi connectivity index (χ3v) is 3.92. The number of hydrogen-bond acceptors (Lipinski definition) is 5. The van der Waals surface area contributed by atoms with Crippen LogP contribution in [0.3, 0.4) is 0 Å². The maximum absolute atomic E-state index is 12.3. The minimum absolute atomic E-state index is 0.0283. The summed E-state index contributed by atoms with van der Waals surface area (Å²) in [5.74, 6) is 0.274. The Morgan fingerprint density at radius 2 is 1.68 bits per heavy atom. The van der Waals surface area contributed by atoms with Crippen LogP contribution >= 0.6 is 0 Å². The normalized spacial score (nSPS) is 14.2. The molecule has 1 saturated heterocycles. The van der Waals surface area contributed by atoms with Crippen LogP contribution in [-0.2, 0) is 4.79 Å². The molecule has 130 valence electrons. The summed E-state index contributed by atoms with van der Waals surface area (Å²) in [5, 5.41) is 5.99. The Morgan fingerprint density at radius 3 is 2.32 bits per heavy atom. The first-order valence-electron chi connectivity index (χ1n) is 7.94. The number of benzene rings is 1. The van der Waals surface area contributed by atoms with Crippen LogP contribution in [0, 0.1) is 0 Å². The number of rotatable bonds is 4. The van der Waals surface area contributed by atoms with Gasteiger partial charge in [0, 0.05) is 32.2 Å². The van der Waals surface area contributed by atoms with E-state index < -0.39 is 0 Å². The lowest BCUT2D eigenvalue weighted by Crippen LogP contribution is -2.51. The van der Waals surface area contributed by atoms with E-state index >= 15 is 0 Å². The second-order valence-corrected chi connectivity index (χ2v) is 5.58. The van der Waals surface area contributed by atoms with Crippen LogP contribution in [0.5, 0.6) is 5.75 Å². The number of carbonyl (C=O) groups excluding carboxylic acids is 2. The van der Waals surface area contributed by atoms with E-state index in [2.05, 4.69) is 10.2 Å². The molecule has 1 N–H and O–H groups in total. The maximum Gasteiger partial charge on any atom is 0.274 e. The Morgan fingerprint density at radius 1 is 1.00 bits per heavy atom. The number of para-hydroxylation sites is 1. The van der Waals surface area contributed by atoms with E-state index in [1.165, 1.54) is 12.1 Å². The van der Waals surface area contributed by atoms with Crippen molar-refractivity contribution in [3.8, 4) is 5.75 Å². The summed E-state index contributed by atoms with van der Waals surface area (Å²) in [4.78, 5) is 38.8. The molecule has 2 aromatic rings. The topological polar surface area (TPSA) is 95.6 Å². The van der Waals surface area contributed by atoms with Crippen LogP contribution in [0.1, 0.15) is 10.5 Å². The summed E-state index contributed by atoms with van der Waals surface area (Å²) in [5.41, 5.74) is -0.169. The van der Waals surface area contributed by atoms with Crippen LogP contribution in [-0.4, -0.2) is 64.6 Å². The molecule has 8 nitrogen and oxygen atoms in total. The number of hydrogen-bond donors (Lipinski definition) is 1. The molecule has 3 rings (SSSR count). The Hall–Kier alpha value is -3.16. The van der Waals surface area contributed by atoms with Crippen molar-refractivity contribution in [3.05, 3.63) is 58.5 Å². The summed E-state index contributed by atoms with van der Waals surface area (Å²) in [6, 6.07) is 11.8. The number of aromatic nitrogens is 2. The van der Waals surface area contributed by atoms with Gasteiger partial charge in [-0.2, -0.15) is 5.10 Å². The largest absolute Gasteiger partial charge is 0.484 e. The van der Waals surface area contributed by atoms with E-state index in [0.29, 0.717) is 31.9 Å². The van der Waals surface area contributed by atoms with E-state index in [-0.39, 0.29) is 29.7 Å². The Kier molecular flexibility index (Phi) is 5.08. The molecule has 0 bridgehead atoms. The highest BCUT2D eigenvalue weighted by Gasteiger charge is 2.25. The first-order chi connectivity index (χ1) is 12.1. The van der Waals surface area contributed by atoms with Gasteiger partial charge in [0.25, 0.3) is 17.4 Å². The van der Waals surface area contributed by atoms with Crippen LogP contribution < -0.4 is 10.3 Å². The van der Waals surface area contributed by atoms with Gasteiger partial charge in [0.05, 0.1) is 0 Å². The number of amides is 2. The quantitative estimate of drug-likeness (QED) is 0.852. The fourth-order valence-electron chi connectivity index (χ4n) is 2.54. The molecule has 1 aliphatic rings. The molecule has 25 heavy (non-hydrogen) atoms. The molecule has 1 aliphatic heterocycles. The SMILES string of the molecule is O=C(COc1ccccc1)N1CCN(C(=O)c2ccc(=O)[nH]n2)CC1. The summed E-state index contributed by atoms with van der Waals surface area (Å²) < 4.78 is 5.46. The Bertz CT molecular complexity index is 777. The number of nitrogens with zero attached hydrogens (tertiary/aromatic N) is 3. The third-order valence-electron chi connectivity index (χ3n) is 3.92. The fraction of sp³-hybridized carbons (Fsp3) is 0.294. The van der Waals surface area contributed by atoms with Gasteiger partial charge in [-0.3, -0.25) is 14.4 Å². The van der Waals surface area contributed by atoms with Crippen molar-refractivity contribution in [2.45, 2.75) is 0 Å². The third kappa shape index (κ3) is 4.23. The highest BCUT2D eigenvalue weighted by atomic mass is 16.5. The predicted octanol–water partition coefficient (Wildman–Crippen LogP) is 0.133. The van der Waals surface area contributed by atoms with E-state index in [4.69, 9.17) is 4.74 Å². The highest BCUT2D eigenvalue weighted by molar-refractivity contribution is 5.92. The molecule has 0 radical (unpaired) electrons. The summed E-state index contributed by atoms with van der Waals surface area (Å²) >= 11 is 0. The molecule has 0 aliphatic carbocycles. The average Bonchev–Trinajstić information content (AvgIpc) is 2.67. The molecular formula is C17H18N4O4. The lowest BCUT2D eigenvalue weighted by Gasteiger charge is -2.34. The molecule has 2 amide bonds. The maximum atomic E-state index is 12.3. The molecule has 0 saturated carbocycles. The van der Waals surface area contributed by atoms with Crippen molar-refractivity contribution >= 4 is 11.8 Å². The zero-order valence-corrected chi connectivity index (χ0v) is 13.6. The number of ether oxygens (including phenoxy) is 1. The van der Waals surface area contributed by atoms with Gasteiger partial charge in [-0.1, -0.05) is 18.2 Å². The van der Waals surface area contributed by atoms with Crippen molar-refractivity contribution in [1.29, 1.82) is 0 Å². The van der Waals surface area contributed by atoms with Gasteiger partial charge in [-0.05, 0) is 18.2 Å². The first kappa shape index (κ1) is 16.7. The molecular weight excluding hydrogens is 324 g/mol. The van der Waals surface area contributed by atoms with E-state index in [0.717, 1.165) is 0 Å². The molecule has 2 heterocycles. The van der Waals surface area contributed by atoms with Crippen LogP contribution in [0.2, 0.25) is 0 Å². The smallest absolute Gasteiger partial charge is 0.274 e. The van der Waals surface area contributed by atoms with Crippen molar-refractivity contribution in [2.24, 2.45) is 0 Å². The van der Waals surface area contributed by atoms with Crippen LogP contribution in [0.25, 0.3) is 0 Å². The van der Waals surface area contributed by atoms with Gasteiger partial charge in [-0.15, -0.1) is 0 Å². The minimum atomic E-state index is -0.356. The zero-order chi connectivity index (χ0) is 17.6. The monoisotopic (exact) mass is 342 g/mol. The molecule has 0 atom stereocenters. The van der Waals surface area contributed by atoms with Gasteiger partial charge in [0.1, 0.15) is 11.4 Å². The van der Waals surface area contributed by atoms with Crippen LogP contribution in [0.15, 0.2) is 47.3 Å². The van der Waals surface area contributed by atoms with Gasteiger partial charge in [-0.25, -0.2) is 5.10 Å². The number of nitrogens with one attached hydrogen (secondary N) is 1. The number of aromatic amines is 1. The molecule has 0 unspecified atom stereocenters. The molecule has 0 spiro atoms. The van der Waals surface area contributed by atoms with Gasteiger partial charge in [0.2, 0.25) is 0 Å². The molecule has 1 fully saturated rings. The van der Waals surface area contributed by atoms with Crippen molar-refractivity contribution in [3.63, 3.8) is 0 Å². The van der Waals surface area contributed by atoms with Gasteiger partial charge < -0.3 is 14.5 Å². The second-order valence-electron chi connectivity index (χ2n) is 5.58. The van der Waals surface area contributed by atoms with E-state index in [1.54, 1.807) is 21.9 Å². The molecule has 8 heteroatoms. The van der Waals surface area contributed by atoms with E-state index in [9.17, 15) is 14.4 Å². The number of carbonyl (C=O) groups is 2. The lowest BCUT2D eigenvalue weighted by molar-refractivity contribution is -0.134. The second kappa shape index (κ2) is 7.61. The molecule has 1 aromatic carbocycles. The summed E-state index contributed by atoms with van der Waals surface area (Å²) in [7, 11) is 0. The first-order valence-corrected chi connectivity index (χ1v) is 7.94. The standard InChI is InChI=1S/C17H18N4O4/c22-15-7-6-14(18-19-15)17(24)21-10-8-20(9-11-21)16(23)12-25-13-4-2-1-3-5-13/h1-7H,8-12H2,(H,19,22). The lowest BCUT2D eigenvalue weighted by atomic mass is 10.2. The van der Waals surface area contributed by atoms with Crippen LogP contribution in [0.4, 0.5) is 0 Å².